The first kappa shape index (κ1) is 22.4. The molecular weight excluding hydrogens is 425 g/mol. The molecule has 0 bridgehead atoms. The molecule has 2 N–H and O–H groups in total. The van der Waals surface area contributed by atoms with Gasteiger partial charge in [0.2, 0.25) is 11.2 Å². The van der Waals surface area contributed by atoms with E-state index in [0.29, 0.717) is 31.7 Å². The van der Waals surface area contributed by atoms with Crippen LogP contribution >= 0.6 is 0 Å². The second kappa shape index (κ2) is 9.01. The van der Waals surface area contributed by atoms with Crippen LogP contribution in [0.3, 0.4) is 0 Å². The lowest BCUT2D eigenvalue weighted by Gasteiger charge is -2.34. The van der Waals surface area contributed by atoms with Crippen LogP contribution in [0, 0.1) is 11.2 Å². The molecule has 4 rings (SSSR count). The third-order valence-electron chi connectivity index (χ3n) is 5.92. The van der Waals surface area contributed by atoms with Crippen LogP contribution in [0.25, 0.3) is 0 Å². The molecule has 1 aromatic rings. The number of ether oxygens (including phenoxy) is 2. The minimum absolute atomic E-state index is 0.0695. The van der Waals surface area contributed by atoms with Crippen LogP contribution in [0.15, 0.2) is 6.07 Å². The third-order valence-corrected chi connectivity index (χ3v) is 7.03. The summed E-state index contributed by atoms with van der Waals surface area (Å²) in [5.74, 6) is -1.35. The highest BCUT2D eigenvalue weighted by Gasteiger charge is 2.34. The van der Waals surface area contributed by atoms with Crippen molar-refractivity contribution in [3.8, 4) is 5.75 Å². The normalized spacial score (nSPS) is 24.3. The molecule has 2 fully saturated rings. The van der Waals surface area contributed by atoms with Crippen molar-refractivity contribution in [3.63, 3.8) is 0 Å². The third kappa shape index (κ3) is 5.02. The molecule has 1 atom stereocenters. The van der Waals surface area contributed by atoms with Gasteiger partial charge in [-0.2, -0.15) is 0 Å². The van der Waals surface area contributed by atoms with Gasteiger partial charge in [-0.25, -0.2) is 8.60 Å². The maximum absolute atomic E-state index is 15.3. The standard InChI is InChI=1S/C21H30FN3O5S/c1-21(2)12-29-18(30-13-21)5-3-4-7-24-8-6-14-9-16(26)20(19(22)15(14)10-24)25-11-17(27)23-31(25)28/h9,18,26H,3-8,10-13H2,1-2H3,(H,23,27). The number of halogens is 1. The topological polar surface area (TPSA) is 91.3 Å². The number of benzene rings is 1. The summed E-state index contributed by atoms with van der Waals surface area (Å²) in [6.07, 6.45) is 3.23. The predicted molar refractivity (Wildman–Crippen MR) is 114 cm³/mol. The lowest BCUT2D eigenvalue weighted by Crippen LogP contribution is -2.37. The van der Waals surface area contributed by atoms with Crippen molar-refractivity contribution in [2.45, 2.75) is 52.4 Å². The van der Waals surface area contributed by atoms with Gasteiger partial charge in [-0.1, -0.05) is 13.8 Å². The Hall–Kier alpha value is -1.75. The summed E-state index contributed by atoms with van der Waals surface area (Å²) in [5.41, 5.74) is 1.15. The minimum atomic E-state index is -1.89. The maximum atomic E-state index is 15.3. The maximum Gasteiger partial charge on any atom is 0.253 e. The van der Waals surface area contributed by atoms with E-state index in [2.05, 4.69) is 23.5 Å². The van der Waals surface area contributed by atoms with Gasteiger partial charge in [-0.15, -0.1) is 0 Å². The van der Waals surface area contributed by atoms with Crippen molar-refractivity contribution >= 4 is 22.8 Å². The second-order valence-corrected chi connectivity index (χ2v) is 10.4. The molecule has 10 heteroatoms. The zero-order chi connectivity index (χ0) is 22.2. The first-order chi connectivity index (χ1) is 14.7. The van der Waals surface area contributed by atoms with E-state index >= 15 is 4.39 Å². The summed E-state index contributed by atoms with van der Waals surface area (Å²) >= 11 is -1.89. The fraction of sp³-hybridized carbons (Fsp3) is 0.667. The number of anilines is 1. The Morgan fingerprint density at radius 3 is 2.71 bits per heavy atom. The molecule has 3 heterocycles. The van der Waals surface area contributed by atoms with Crippen molar-refractivity contribution < 1.29 is 28.0 Å². The number of hydrogen-bond acceptors (Lipinski definition) is 6. The number of nitrogens with zero attached hydrogens (tertiary/aromatic N) is 2. The highest BCUT2D eigenvalue weighted by atomic mass is 32.2. The number of nitrogens with one attached hydrogen (secondary N) is 1. The fourth-order valence-electron chi connectivity index (χ4n) is 4.20. The van der Waals surface area contributed by atoms with Crippen molar-refractivity contribution in [1.82, 2.24) is 9.62 Å². The van der Waals surface area contributed by atoms with Gasteiger partial charge in [0.1, 0.15) is 18.0 Å². The van der Waals surface area contributed by atoms with Crippen molar-refractivity contribution in [1.29, 1.82) is 0 Å². The Labute approximate surface area is 184 Å². The van der Waals surface area contributed by atoms with Crippen molar-refractivity contribution in [2.24, 2.45) is 5.41 Å². The van der Waals surface area contributed by atoms with Crippen LogP contribution < -0.4 is 9.03 Å². The molecule has 1 aromatic carbocycles. The van der Waals surface area contributed by atoms with Gasteiger partial charge in [0.25, 0.3) is 5.91 Å². The smallest absolute Gasteiger partial charge is 0.253 e. The number of carbonyl (C=O) groups excluding carboxylic acids is 1. The number of unbranched alkanes of at least 4 members (excludes halogenated alkanes) is 1. The Morgan fingerprint density at radius 2 is 2.03 bits per heavy atom. The summed E-state index contributed by atoms with van der Waals surface area (Å²) in [5, 5.41) is 10.3. The molecular formula is C21H30FN3O5S. The number of hydrogen-bond donors (Lipinski definition) is 2. The quantitative estimate of drug-likeness (QED) is 0.638. The average molecular weight is 456 g/mol. The molecule has 8 nitrogen and oxygen atoms in total. The lowest BCUT2D eigenvalue weighted by molar-refractivity contribution is -0.224. The summed E-state index contributed by atoms with van der Waals surface area (Å²) in [6, 6.07) is 1.53. The number of phenolic OH excluding ortho intramolecular Hbond substituents is 1. The number of aromatic hydroxyl groups is 1. The van der Waals surface area contributed by atoms with E-state index in [1.165, 1.54) is 6.07 Å². The second-order valence-electron chi connectivity index (χ2n) is 9.24. The van der Waals surface area contributed by atoms with Crippen LogP contribution in [0.1, 0.15) is 44.2 Å². The fourth-order valence-corrected chi connectivity index (χ4v) is 5.14. The van der Waals surface area contributed by atoms with Crippen LogP contribution in [-0.2, 0) is 38.4 Å². The molecule has 0 aromatic heterocycles. The number of rotatable bonds is 6. The van der Waals surface area contributed by atoms with Crippen molar-refractivity contribution in [2.75, 3.05) is 37.2 Å². The Kier molecular flexibility index (Phi) is 6.52. The van der Waals surface area contributed by atoms with E-state index < -0.39 is 22.9 Å². The zero-order valence-electron chi connectivity index (χ0n) is 18.0. The van der Waals surface area contributed by atoms with E-state index in [0.717, 1.165) is 42.2 Å². The molecule has 3 aliphatic rings. The average Bonchev–Trinajstić information content (AvgIpc) is 3.04. The van der Waals surface area contributed by atoms with E-state index in [1.54, 1.807) is 0 Å². The van der Waals surface area contributed by atoms with Crippen molar-refractivity contribution in [3.05, 3.63) is 23.0 Å². The highest BCUT2D eigenvalue weighted by Crippen LogP contribution is 2.38. The van der Waals surface area contributed by atoms with E-state index in [-0.39, 0.29) is 29.7 Å². The SMILES string of the molecule is CC1(C)COC(CCCCN2CCc3cc(O)c(N4CC(=O)NS4=O)c(F)c3C2)OC1. The van der Waals surface area contributed by atoms with Crippen LogP contribution in [-0.4, -0.2) is 59.3 Å². The van der Waals surface area contributed by atoms with Gasteiger partial charge in [0, 0.05) is 24.1 Å². The van der Waals surface area contributed by atoms with Gasteiger partial charge in [-0.3, -0.25) is 18.7 Å². The van der Waals surface area contributed by atoms with E-state index in [9.17, 15) is 14.1 Å². The molecule has 31 heavy (non-hydrogen) atoms. The predicted octanol–water partition coefficient (Wildman–Crippen LogP) is 1.97. The molecule has 1 unspecified atom stereocenters. The minimum Gasteiger partial charge on any atom is -0.506 e. The van der Waals surface area contributed by atoms with Crippen LogP contribution in [0.4, 0.5) is 10.1 Å². The number of fused-ring (bicyclic) bond motifs is 1. The molecule has 0 spiro atoms. The van der Waals surface area contributed by atoms with E-state index in [1.807, 2.05) is 0 Å². The summed E-state index contributed by atoms with van der Waals surface area (Å²) < 4.78 is 42.2. The monoisotopic (exact) mass is 455 g/mol. The molecule has 2 saturated heterocycles. The van der Waals surface area contributed by atoms with Gasteiger partial charge in [0.15, 0.2) is 12.1 Å². The lowest BCUT2D eigenvalue weighted by atomic mass is 9.95. The van der Waals surface area contributed by atoms with Crippen LogP contribution in [0.5, 0.6) is 5.75 Å². The molecule has 1 amide bonds. The molecule has 3 aliphatic heterocycles. The first-order valence-electron chi connectivity index (χ1n) is 10.7. The highest BCUT2D eigenvalue weighted by molar-refractivity contribution is 7.85. The Morgan fingerprint density at radius 1 is 1.29 bits per heavy atom. The Balaban J connectivity index is 1.33. The largest absolute Gasteiger partial charge is 0.506 e. The Bertz CT molecular complexity index is 871. The summed E-state index contributed by atoms with van der Waals surface area (Å²) in [6.45, 7) is 7.43. The van der Waals surface area contributed by atoms with E-state index in [4.69, 9.17) is 9.47 Å². The first-order valence-corrected chi connectivity index (χ1v) is 11.8. The number of phenols is 1. The van der Waals surface area contributed by atoms with Gasteiger partial charge >= 0.3 is 0 Å². The number of amides is 1. The van der Waals surface area contributed by atoms with Crippen LogP contribution in [0.2, 0.25) is 0 Å². The summed E-state index contributed by atoms with van der Waals surface area (Å²) in [4.78, 5) is 13.7. The van der Waals surface area contributed by atoms with Gasteiger partial charge < -0.3 is 14.6 Å². The summed E-state index contributed by atoms with van der Waals surface area (Å²) in [7, 11) is 0. The van der Waals surface area contributed by atoms with Gasteiger partial charge in [0.05, 0.1) is 13.2 Å². The molecule has 0 aliphatic carbocycles. The number of carbonyl (C=O) groups is 1. The molecule has 0 saturated carbocycles. The molecule has 172 valence electrons. The zero-order valence-corrected chi connectivity index (χ0v) is 18.8. The molecule has 0 radical (unpaired) electrons. The van der Waals surface area contributed by atoms with Gasteiger partial charge in [-0.05, 0) is 43.9 Å².